The highest BCUT2D eigenvalue weighted by Crippen LogP contribution is 2.39. The molecule has 0 radical (unpaired) electrons. The lowest BCUT2D eigenvalue weighted by molar-refractivity contribution is -0.113. The van der Waals surface area contributed by atoms with Crippen molar-refractivity contribution in [2.45, 2.75) is 6.73 Å². The average Bonchev–Trinajstić information content (AvgIpc) is 3.32. The highest BCUT2D eigenvalue weighted by molar-refractivity contribution is 7.46. The molecule has 2 N–H and O–H groups in total. The van der Waals surface area contributed by atoms with Crippen LogP contribution < -0.4 is 9.64 Å². The Morgan fingerprint density at radius 1 is 1.12 bits per heavy atom. The Bertz CT molecular complexity index is 1700. The van der Waals surface area contributed by atoms with Crippen LogP contribution >= 0.6 is 7.82 Å². The number of carbonyl (C=O) groups is 1. The average molecular weight is 577 g/mol. The normalized spacial score (nSPS) is 11.8. The Hall–Kier alpha value is -4.37. The fourth-order valence-electron chi connectivity index (χ4n) is 4.12. The summed E-state index contributed by atoms with van der Waals surface area (Å²) >= 11 is 0. The van der Waals surface area contributed by atoms with Crippen molar-refractivity contribution in [3.63, 3.8) is 0 Å². The molecule has 12 nitrogen and oxygen atoms in total. The Balaban J connectivity index is 1.81. The number of phosphoric ester groups is 1. The van der Waals surface area contributed by atoms with Gasteiger partial charge in [0.15, 0.2) is 0 Å². The number of methoxy groups -OCH3 is 1. The molecular formula is C28H29N6O6P. The molecule has 3 aromatic heterocycles. The molecule has 0 aliphatic carbocycles. The summed E-state index contributed by atoms with van der Waals surface area (Å²) < 4.78 is 23.1. The molecule has 0 fully saturated rings. The number of ether oxygens (including phenoxy) is 1. The zero-order valence-electron chi connectivity index (χ0n) is 22.9. The predicted octanol–water partition coefficient (Wildman–Crippen LogP) is 3.79. The summed E-state index contributed by atoms with van der Waals surface area (Å²) in [5, 5.41) is 9.99. The summed E-state index contributed by atoms with van der Waals surface area (Å²) in [6.45, 7) is 0.185. The third kappa shape index (κ3) is 7.24. The second-order valence-corrected chi connectivity index (χ2v) is 10.6. The number of amides is 1. The molecule has 0 unspecified atom stereocenters. The van der Waals surface area contributed by atoms with Gasteiger partial charge in [-0.25, -0.2) is 14.5 Å². The standard InChI is InChI=1S/C28H29N6O6P/c1-32(2)9-5-6-27(35)33(3)23-11-20(12-24(14-23)39-4)21-13-25-26(19-7-8-30-22(10-19)15-29)17-34(28(25)31-16-21)18-40-41(36,37)38/h5-8,10-14,16-17H,9,18H2,1-4H3,(H2,36,37,38)/b6-5+. The van der Waals surface area contributed by atoms with E-state index in [1.807, 2.05) is 43.3 Å². The van der Waals surface area contributed by atoms with E-state index in [9.17, 15) is 24.4 Å². The Labute approximate surface area is 236 Å². The van der Waals surface area contributed by atoms with E-state index in [1.54, 1.807) is 50.8 Å². The second kappa shape index (κ2) is 12.4. The van der Waals surface area contributed by atoms with Crippen LogP contribution in [0.15, 0.2) is 67.1 Å². The summed E-state index contributed by atoms with van der Waals surface area (Å²) in [5.74, 6) is 0.338. The number of carbonyl (C=O) groups excluding carboxylic acids is 1. The predicted molar refractivity (Wildman–Crippen MR) is 154 cm³/mol. The van der Waals surface area contributed by atoms with Gasteiger partial charge < -0.3 is 28.9 Å². The van der Waals surface area contributed by atoms with Crippen molar-refractivity contribution in [3.05, 3.63) is 72.8 Å². The number of aromatic nitrogens is 3. The van der Waals surface area contributed by atoms with Crippen LogP contribution in [-0.4, -0.2) is 69.9 Å². The molecule has 0 spiro atoms. The van der Waals surface area contributed by atoms with Crippen LogP contribution in [0.25, 0.3) is 33.3 Å². The van der Waals surface area contributed by atoms with E-state index < -0.39 is 14.6 Å². The van der Waals surface area contributed by atoms with E-state index in [4.69, 9.17) is 9.26 Å². The lowest BCUT2D eigenvalue weighted by Crippen LogP contribution is -2.24. The van der Waals surface area contributed by atoms with Gasteiger partial charge in [-0.3, -0.25) is 9.32 Å². The summed E-state index contributed by atoms with van der Waals surface area (Å²) in [5.41, 5.74) is 3.98. The van der Waals surface area contributed by atoms with Crippen molar-refractivity contribution in [1.29, 1.82) is 5.26 Å². The molecule has 1 amide bonds. The minimum atomic E-state index is -4.74. The number of anilines is 1. The molecule has 0 aliphatic rings. The van der Waals surface area contributed by atoms with Crippen molar-refractivity contribution >= 4 is 30.5 Å². The molecule has 0 saturated heterocycles. The molecule has 3 heterocycles. The SMILES string of the molecule is COc1cc(-c2cnc3c(c2)c(-c2ccnc(C#N)c2)cn3COP(=O)(O)O)cc(N(C)C(=O)/C=C/CN(C)C)c1. The fraction of sp³-hybridized carbons (Fsp3) is 0.214. The molecule has 0 saturated carbocycles. The van der Waals surface area contributed by atoms with Gasteiger partial charge in [-0.05, 0) is 55.6 Å². The first-order valence-corrected chi connectivity index (χ1v) is 13.9. The van der Waals surface area contributed by atoms with E-state index in [2.05, 4.69) is 9.97 Å². The first kappa shape index (κ1) is 29.6. The molecule has 212 valence electrons. The zero-order chi connectivity index (χ0) is 29.7. The van der Waals surface area contributed by atoms with Gasteiger partial charge in [0.05, 0.1) is 7.11 Å². The minimum Gasteiger partial charge on any atom is -0.497 e. The molecule has 41 heavy (non-hydrogen) atoms. The topological polar surface area (TPSA) is 154 Å². The molecule has 0 atom stereocenters. The molecule has 4 aromatic rings. The maximum atomic E-state index is 12.8. The van der Waals surface area contributed by atoms with Crippen molar-refractivity contribution in [3.8, 4) is 34.1 Å². The Morgan fingerprint density at radius 2 is 1.90 bits per heavy atom. The molecule has 13 heteroatoms. The molecule has 1 aromatic carbocycles. The fourth-order valence-corrected chi connectivity index (χ4v) is 4.39. The van der Waals surface area contributed by atoms with E-state index in [0.717, 1.165) is 5.56 Å². The van der Waals surface area contributed by atoms with E-state index in [0.29, 0.717) is 45.7 Å². The van der Waals surface area contributed by atoms with Gasteiger partial charge in [-0.15, -0.1) is 0 Å². The van der Waals surface area contributed by atoms with Gasteiger partial charge in [0.2, 0.25) is 5.91 Å². The molecule has 4 rings (SSSR count). The Morgan fingerprint density at radius 3 is 2.59 bits per heavy atom. The van der Waals surface area contributed by atoms with Crippen LogP contribution in [0, 0.1) is 11.3 Å². The number of rotatable bonds is 10. The second-order valence-electron chi connectivity index (χ2n) is 9.38. The van der Waals surface area contributed by atoms with Crippen molar-refractivity contribution < 1.29 is 28.4 Å². The van der Waals surface area contributed by atoms with E-state index >= 15 is 0 Å². The number of phosphoric acid groups is 1. The number of pyridine rings is 2. The first-order valence-electron chi connectivity index (χ1n) is 12.3. The Kier molecular flexibility index (Phi) is 8.98. The van der Waals surface area contributed by atoms with Crippen LogP contribution in [0.4, 0.5) is 5.69 Å². The number of likely N-dealkylation sites (N-methyl/N-ethyl adjacent to an activating group) is 2. The van der Waals surface area contributed by atoms with Gasteiger partial charge in [-0.1, -0.05) is 6.08 Å². The van der Waals surface area contributed by atoms with Crippen LogP contribution in [0.2, 0.25) is 0 Å². The highest BCUT2D eigenvalue weighted by atomic mass is 31.2. The van der Waals surface area contributed by atoms with Crippen molar-refractivity contribution in [1.82, 2.24) is 19.4 Å². The van der Waals surface area contributed by atoms with E-state index in [-0.39, 0.29) is 11.6 Å². The lowest BCUT2D eigenvalue weighted by Gasteiger charge is -2.18. The largest absolute Gasteiger partial charge is 0.497 e. The quantitative estimate of drug-likeness (QED) is 0.210. The number of hydrogen-bond donors (Lipinski definition) is 2. The molecule has 0 bridgehead atoms. The zero-order valence-corrected chi connectivity index (χ0v) is 23.8. The molecule has 0 aliphatic heterocycles. The van der Waals surface area contributed by atoms with Crippen molar-refractivity contribution in [2.24, 2.45) is 0 Å². The van der Waals surface area contributed by atoms with Gasteiger partial charge in [-0.2, -0.15) is 5.26 Å². The van der Waals surface area contributed by atoms with Crippen LogP contribution in [-0.2, 0) is 20.6 Å². The van der Waals surface area contributed by atoms with Gasteiger partial charge in [0, 0.05) is 66.5 Å². The third-order valence-corrected chi connectivity index (χ3v) is 6.63. The van der Waals surface area contributed by atoms with Crippen molar-refractivity contribution in [2.75, 3.05) is 39.7 Å². The minimum absolute atomic E-state index is 0.199. The van der Waals surface area contributed by atoms with Gasteiger partial charge >= 0.3 is 7.82 Å². The third-order valence-electron chi connectivity index (χ3n) is 6.17. The number of fused-ring (bicyclic) bond motifs is 1. The van der Waals surface area contributed by atoms with Crippen LogP contribution in [0.5, 0.6) is 5.75 Å². The van der Waals surface area contributed by atoms with Crippen LogP contribution in [0.1, 0.15) is 5.69 Å². The van der Waals surface area contributed by atoms with Gasteiger partial charge in [0.25, 0.3) is 0 Å². The number of nitriles is 1. The lowest BCUT2D eigenvalue weighted by atomic mass is 10.0. The highest BCUT2D eigenvalue weighted by Gasteiger charge is 2.19. The monoisotopic (exact) mass is 576 g/mol. The first-order chi connectivity index (χ1) is 19.5. The van der Waals surface area contributed by atoms with E-state index in [1.165, 1.54) is 21.7 Å². The molecular weight excluding hydrogens is 547 g/mol. The number of benzene rings is 1. The summed E-state index contributed by atoms with van der Waals surface area (Å²) in [7, 11) is 2.31. The number of nitrogens with zero attached hydrogens (tertiary/aromatic N) is 6. The smallest absolute Gasteiger partial charge is 0.471 e. The number of hydrogen-bond acceptors (Lipinski definition) is 8. The maximum absolute atomic E-state index is 12.8. The van der Waals surface area contributed by atoms with Gasteiger partial charge in [0.1, 0.15) is 29.9 Å². The summed E-state index contributed by atoms with van der Waals surface area (Å²) in [4.78, 5) is 43.3. The van der Waals surface area contributed by atoms with Crippen LogP contribution in [0.3, 0.4) is 0 Å². The summed E-state index contributed by atoms with van der Waals surface area (Å²) in [6, 6.07) is 12.7. The maximum Gasteiger partial charge on any atom is 0.471 e. The summed E-state index contributed by atoms with van der Waals surface area (Å²) in [6.07, 6.45) is 8.08.